The topological polar surface area (TPSA) is 29.9 Å². The summed E-state index contributed by atoms with van der Waals surface area (Å²) in [6, 6.07) is 10.4. The summed E-state index contributed by atoms with van der Waals surface area (Å²) in [7, 11) is 0. The van der Waals surface area contributed by atoms with E-state index in [1.54, 1.807) is 0 Å². The number of rotatable bonds is 4. The summed E-state index contributed by atoms with van der Waals surface area (Å²) in [5.74, 6) is 1.04. The average Bonchev–Trinajstić information content (AvgIpc) is 2.76. The van der Waals surface area contributed by atoms with E-state index in [4.69, 9.17) is 0 Å². The number of aromatic nitrogens is 2. The Morgan fingerprint density at radius 1 is 1.26 bits per heavy atom. The van der Waals surface area contributed by atoms with Gasteiger partial charge < -0.3 is 5.32 Å². The van der Waals surface area contributed by atoms with E-state index in [9.17, 15) is 0 Å². The van der Waals surface area contributed by atoms with Crippen LogP contribution < -0.4 is 5.32 Å². The second-order valence-corrected chi connectivity index (χ2v) is 5.74. The van der Waals surface area contributed by atoms with Crippen molar-refractivity contribution in [2.45, 2.75) is 45.2 Å². The molecule has 100 valence electrons. The quantitative estimate of drug-likeness (QED) is 0.909. The Morgan fingerprint density at radius 2 is 2.00 bits per heavy atom. The molecule has 3 heteroatoms. The first-order chi connectivity index (χ1) is 9.18. The number of para-hydroxylation sites is 1. The maximum absolute atomic E-state index is 4.46. The SMILES string of the molecule is Cc1ncc(CNC2(C)CCC2)n1-c1ccccc1. The molecule has 3 nitrogen and oxygen atoms in total. The fourth-order valence-electron chi connectivity index (χ4n) is 2.73. The monoisotopic (exact) mass is 255 g/mol. The predicted molar refractivity (Wildman–Crippen MR) is 77.4 cm³/mol. The van der Waals surface area contributed by atoms with Crippen LogP contribution in [0.25, 0.3) is 5.69 Å². The van der Waals surface area contributed by atoms with Gasteiger partial charge in [-0.1, -0.05) is 18.2 Å². The number of aryl methyl sites for hydroxylation is 1. The fourth-order valence-corrected chi connectivity index (χ4v) is 2.73. The molecule has 1 saturated carbocycles. The van der Waals surface area contributed by atoms with E-state index in [-0.39, 0.29) is 0 Å². The summed E-state index contributed by atoms with van der Waals surface area (Å²) in [5.41, 5.74) is 2.75. The van der Waals surface area contributed by atoms with E-state index in [2.05, 4.69) is 53.0 Å². The zero-order valence-corrected chi connectivity index (χ0v) is 11.7. The largest absolute Gasteiger partial charge is 0.306 e. The number of benzene rings is 1. The molecule has 0 bridgehead atoms. The lowest BCUT2D eigenvalue weighted by molar-refractivity contribution is 0.205. The molecule has 0 unspecified atom stereocenters. The van der Waals surface area contributed by atoms with Gasteiger partial charge >= 0.3 is 0 Å². The van der Waals surface area contributed by atoms with Crippen LogP contribution in [0, 0.1) is 6.92 Å². The van der Waals surface area contributed by atoms with Crippen molar-refractivity contribution in [2.75, 3.05) is 0 Å². The Labute approximate surface area is 114 Å². The van der Waals surface area contributed by atoms with Crippen molar-refractivity contribution in [3.8, 4) is 5.69 Å². The zero-order valence-electron chi connectivity index (χ0n) is 11.7. The standard InChI is InChI=1S/C16H21N3/c1-13-17-11-15(12-18-16(2)9-6-10-16)19(13)14-7-4-3-5-8-14/h3-5,7-8,11,18H,6,9-10,12H2,1-2H3. The molecule has 0 amide bonds. The summed E-state index contributed by atoms with van der Waals surface area (Å²) < 4.78 is 2.23. The van der Waals surface area contributed by atoms with Gasteiger partial charge in [-0.25, -0.2) is 4.98 Å². The molecular weight excluding hydrogens is 234 g/mol. The van der Waals surface area contributed by atoms with Crippen LogP contribution in [0.3, 0.4) is 0 Å². The molecule has 0 aliphatic heterocycles. The van der Waals surface area contributed by atoms with Crippen LogP contribution >= 0.6 is 0 Å². The minimum Gasteiger partial charge on any atom is -0.306 e. The van der Waals surface area contributed by atoms with Gasteiger partial charge in [0.2, 0.25) is 0 Å². The highest BCUT2D eigenvalue weighted by Gasteiger charge is 2.31. The Kier molecular flexibility index (Phi) is 3.15. The summed E-state index contributed by atoms with van der Waals surface area (Å²) in [5, 5.41) is 3.67. The molecular formula is C16H21N3. The summed E-state index contributed by atoms with van der Waals surface area (Å²) in [4.78, 5) is 4.46. The Bertz CT molecular complexity index is 553. The lowest BCUT2D eigenvalue weighted by atomic mass is 9.78. The van der Waals surface area contributed by atoms with Crippen LogP contribution in [-0.4, -0.2) is 15.1 Å². The van der Waals surface area contributed by atoms with Gasteiger partial charge in [0.25, 0.3) is 0 Å². The summed E-state index contributed by atoms with van der Waals surface area (Å²) >= 11 is 0. The fraction of sp³-hybridized carbons (Fsp3) is 0.438. The zero-order chi connectivity index (χ0) is 13.3. The number of nitrogens with zero attached hydrogens (tertiary/aromatic N) is 2. The van der Waals surface area contributed by atoms with Crippen LogP contribution in [0.1, 0.15) is 37.7 Å². The minimum absolute atomic E-state index is 0.333. The van der Waals surface area contributed by atoms with E-state index in [1.807, 2.05) is 12.3 Å². The van der Waals surface area contributed by atoms with Gasteiger partial charge in [-0.15, -0.1) is 0 Å². The molecule has 0 atom stereocenters. The minimum atomic E-state index is 0.333. The first-order valence-corrected chi connectivity index (χ1v) is 7.02. The molecule has 19 heavy (non-hydrogen) atoms. The van der Waals surface area contributed by atoms with Crippen molar-refractivity contribution in [2.24, 2.45) is 0 Å². The van der Waals surface area contributed by atoms with Crippen molar-refractivity contribution in [1.29, 1.82) is 0 Å². The second-order valence-electron chi connectivity index (χ2n) is 5.74. The summed E-state index contributed by atoms with van der Waals surface area (Å²) in [6.07, 6.45) is 5.90. The highest BCUT2D eigenvalue weighted by molar-refractivity contribution is 5.35. The third-order valence-corrected chi connectivity index (χ3v) is 4.18. The number of nitrogens with one attached hydrogen (secondary N) is 1. The van der Waals surface area contributed by atoms with Gasteiger partial charge in [-0.3, -0.25) is 4.57 Å². The highest BCUT2D eigenvalue weighted by atomic mass is 15.1. The maximum atomic E-state index is 4.46. The van der Waals surface area contributed by atoms with Gasteiger partial charge in [0.05, 0.1) is 11.9 Å². The Balaban J connectivity index is 1.82. The van der Waals surface area contributed by atoms with Crippen LogP contribution in [-0.2, 0) is 6.54 Å². The molecule has 3 rings (SSSR count). The van der Waals surface area contributed by atoms with Gasteiger partial charge in [0.15, 0.2) is 0 Å². The van der Waals surface area contributed by atoms with Crippen LogP contribution in [0.2, 0.25) is 0 Å². The molecule has 1 aliphatic rings. The molecule has 1 aromatic heterocycles. The summed E-state index contributed by atoms with van der Waals surface area (Å²) in [6.45, 7) is 5.25. The van der Waals surface area contributed by atoms with Crippen molar-refractivity contribution in [3.63, 3.8) is 0 Å². The van der Waals surface area contributed by atoms with E-state index in [1.165, 1.54) is 30.6 Å². The number of hydrogen-bond donors (Lipinski definition) is 1. The van der Waals surface area contributed by atoms with Crippen molar-refractivity contribution < 1.29 is 0 Å². The van der Waals surface area contributed by atoms with Crippen molar-refractivity contribution in [3.05, 3.63) is 48.0 Å². The molecule has 0 radical (unpaired) electrons. The van der Waals surface area contributed by atoms with Crippen LogP contribution in [0.4, 0.5) is 0 Å². The van der Waals surface area contributed by atoms with Gasteiger partial charge in [-0.05, 0) is 45.2 Å². The highest BCUT2D eigenvalue weighted by Crippen LogP contribution is 2.31. The molecule has 1 fully saturated rings. The predicted octanol–water partition coefficient (Wildman–Crippen LogP) is 3.21. The maximum Gasteiger partial charge on any atom is 0.110 e. The van der Waals surface area contributed by atoms with E-state index < -0.39 is 0 Å². The molecule has 0 saturated heterocycles. The lowest BCUT2D eigenvalue weighted by Crippen LogP contribution is -2.47. The third-order valence-electron chi connectivity index (χ3n) is 4.18. The van der Waals surface area contributed by atoms with Gasteiger partial charge in [0, 0.05) is 17.8 Å². The lowest BCUT2D eigenvalue weighted by Gasteiger charge is -2.39. The average molecular weight is 255 g/mol. The molecule has 0 spiro atoms. The van der Waals surface area contributed by atoms with Gasteiger partial charge in [-0.2, -0.15) is 0 Å². The molecule has 1 aliphatic carbocycles. The number of hydrogen-bond acceptors (Lipinski definition) is 2. The molecule has 1 N–H and O–H groups in total. The Morgan fingerprint density at radius 3 is 2.63 bits per heavy atom. The molecule has 1 aromatic carbocycles. The van der Waals surface area contributed by atoms with E-state index >= 15 is 0 Å². The smallest absolute Gasteiger partial charge is 0.110 e. The first kappa shape index (κ1) is 12.4. The van der Waals surface area contributed by atoms with Crippen LogP contribution in [0.15, 0.2) is 36.5 Å². The van der Waals surface area contributed by atoms with E-state index in [0.717, 1.165) is 12.4 Å². The third kappa shape index (κ3) is 2.43. The first-order valence-electron chi connectivity index (χ1n) is 7.02. The van der Waals surface area contributed by atoms with Crippen molar-refractivity contribution >= 4 is 0 Å². The van der Waals surface area contributed by atoms with Gasteiger partial charge in [0.1, 0.15) is 5.82 Å². The Hall–Kier alpha value is -1.61. The van der Waals surface area contributed by atoms with E-state index in [0.29, 0.717) is 5.54 Å². The molecule has 2 aromatic rings. The van der Waals surface area contributed by atoms with Crippen molar-refractivity contribution in [1.82, 2.24) is 14.9 Å². The van der Waals surface area contributed by atoms with Crippen LogP contribution in [0.5, 0.6) is 0 Å². The normalized spacial score (nSPS) is 17.2. The number of imidazole rings is 1. The second kappa shape index (κ2) is 4.82. The molecule has 1 heterocycles.